The molecule has 3 aliphatic heterocycles. The van der Waals surface area contributed by atoms with E-state index in [9.17, 15) is 19.5 Å². The Morgan fingerprint density at radius 1 is 1.12 bits per heavy atom. The Kier molecular flexibility index (Phi) is 9.51. The van der Waals surface area contributed by atoms with Crippen LogP contribution in [0.4, 0.5) is 0 Å². The second-order valence-electron chi connectivity index (χ2n) is 11.6. The van der Waals surface area contributed by atoms with E-state index in [0.717, 1.165) is 24.8 Å². The number of rotatable bonds is 14. The Hall–Kier alpha value is -2.58. The molecule has 1 N–H and O–H groups in total. The molecule has 4 rings (SSSR count). The van der Waals surface area contributed by atoms with Crippen LogP contribution >= 0.6 is 11.8 Å². The van der Waals surface area contributed by atoms with Crippen LogP contribution in [0.3, 0.4) is 0 Å². The molecule has 2 unspecified atom stereocenters. The zero-order valence-electron chi connectivity index (χ0n) is 24.3. The maximum Gasteiger partial charge on any atom is 0.247 e. The fourth-order valence-corrected chi connectivity index (χ4v) is 9.51. The van der Waals surface area contributed by atoms with Crippen molar-refractivity contribution in [3.8, 4) is 0 Å². The lowest BCUT2D eigenvalue weighted by Gasteiger charge is -2.39. The molecular weight excluding hydrogens is 522 g/mol. The van der Waals surface area contributed by atoms with Gasteiger partial charge in [-0.3, -0.25) is 14.4 Å². The molecule has 40 heavy (non-hydrogen) atoms. The van der Waals surface area contributed by atoms with Gasteiger partial charge < -0.3 is 19.8 Å². The van der Waals surface area contributed by atoms with Crippen molar-refractivity contribution in [1.29, 1.82) is 0 Å². The standard InChI is InChI=1S/C32H45N3O4S/c1-6-10-20-33(18-7-2)30(39)27-32-17-16-31(5,40-32)25(26(32)29(38)35(27)24(9-4)22-36)28(37)34(19-8-3)21-23-14-12-11-13-15-23/h7-8,11-15,24-27,36H,2-3,6,9-10,16-22H2,1,4-5H3/t24-,25-,26-,27?,31+,32?/m0/s1. The zero-order valence-corrected chi connectivity index (χ0v) is 25.1. The summed E-state index contributed by atoms with van der Waals surface area (Å²) in [5, 5.41) is 10.3. The number of carbonyl (C=O) groups is 3. The van der Waals surface area contributed by atoms with Gasteiger partial charge in [0, 0.05) is 30.9 Å². The Morgan fingerprint density at radius 3 is 2.40 bits per heavy atom. The molecule has 6 atom stereocenters. The molecule has 3 amide bonds. The van der Waals surface area contributed by atoms with E-state index >= 15 is 0 Å². The van der Waals surface area contributed by atoms with Crippen molar-refractivity contribution in [2.45, 2.75) is 81.0 Å². The molecule has 8 heteroatoms. The fourth-order valence-electron chi connectivity index (χ4n) is 7.18. The number of benzene rings is 1. The van der Waals surface area contributed by atoms with E-state index in [1.165, 1.54) is 0 Å². The lowest BCUT2D eigenvalue weighted by Crippen LogP contribution is -2.57. The normalized spacial score (nSPS) is 29.2. The third-order valence-corrected chi connectivity index (χ3v) is 11.1. The highest BCUT2D eigenvalue weighted by Gasteiger charge is 2.78. The molecule has 218 valence electrons. The molecule has 2 bridgehead atoms. The molecule has 0 aliphatic carbocycles. The summed E-state index contributed by atoms with van der Waals surface area (Å²) < 4.78 is -1.16. The first-order valence-electron chi connectivity index (χ1n) is 14.7. The Morgan fingerprint density at radius 2 is 1.80 bits per heavy atom. The number of thioether (sulfide) groups is 1. The number of likely N-dealkylation sites (tertiary alicyclic amines) is 1. The van der Waals surface area contributed by atoms with E-state index in [1.54, 1.807) is 33.7 Å². The van der Waals surface area contributed by atoms with Gasteiger partial charge in [0.15, 0.2) is 0 Å². The number of hydrogen-bond acceptors (Lipinski definition) is 5. The monoisotopic (exact) mass is 567 g/mol. The largest absolute Gasteiger partial charge is 0.394 e. The van der Waals surface area contributed by atoms with Crippen LogP contribution in [0.1, 0.15) is 58.4 Å². The van der Waals surface area contributed by atoms with Gasteiger partial charge in [0.25, 0.3) is 0 Å². The number of amides is 3. The first-order chi connectivity index (χ1) is 19.2. The van der Waals surface area contributed by atoms with Crippen LogP contribution in [0, 0.1) is 11.8 Å². The first-order valence-corrected chi connectivity index (χ1v) is 15.5. The van der Waals surface area contributed by atoms with Crippen LogP contribution in [0.15, 0.2) is 55.6 Å². The number of aliphatic hydroxyl groups is 1. The summed E-state index contributed by atoms with van der Waals surface area (Å²) in [5.41, 5.74) is 1.02. The fraction of sp³-hybridized carbons (Fsp3) is 0.594. The minimum atomic E-state index is -0.717. The van der Waals surface area contributed by atoms with Crippen molar-refractivity contribution >= 4 is 29.5 Å². The highest BCUT2D eigenvalue weighted by atomic mass is 32.2. The Labute approximate surface area is 243 Å². The van der Waals surface area contributed by atoms with Crippen molar-refractivity contribution in [2.75, 3.05) is 26.2 Å². The molecule has 1 aromatic rings. The van der Waals surface area contributed by atoms with Crippen LogP contribution in [0.25, 0.3) is 0 Å². The summed E-state index contributed by atoms with van der Waals surface area (Å²) in [6, 6.07) is 8.66. The number of fused-ring (bicyclic) bond motifs is 1. The maximum atomic E-state index is 14.5. The number of carbonyl (C=O) groups excluding carboxylic acids is 3. The van der Waals surface area contributed by atoms with Gasteiger partial charge in [0.05, 0.1) is 29.2 Å². The van der Waals surface area contributed by atoms with E-state index < -0.39 is 33.4 Å². The molecule has 3 saturated heterocycles. The van der Waals surface area contributed by atoms with E-state index in [-0.39, 0.29) is 24.3 Å². The van der Waals surface area contributed by atoms with Crippen molar-refractivity contribution in [3.63, 3.8) is 0 Å². The predicted molar refractivity (Wildman–Crippen MR) is 160 cm³/mol. The molecule has 0 radical (unpaired) electrons. The second kappa shape index (κ2) is 12.5. The average Bonchev–Trinajstić information content (AvgIpc) is 3.52. The molecule has 3 aliphatic rings. The van der Waals surface area contributed by atoms with E-state index in [2.05, 4.69) is 27.0 Å². The van der Waals surface area contributed by atoms with Gasteiger partial charge >= 0.3 is 0 Å². The van der Waals surface area contributed by atoms with Crippen LogP contribution in [-0.2, 0) is 20.9 Å². The molecule has 7 nitrogen and oxygen atoms in total. The second-order valence-corrected chi connectivity index (χ2v) is 13.5. The highest BCUT2D eigenvalue weighted by molar-refractivity contribution is 8.02. The third kappa shape index (κ3) is 5.13. The molecule has 0 saturated carbocycles. The summed E-state index contributed by atoms with van der Waals surface area (Å²) in [5.74, 6) is -1.48. The van der Waals surface area contributed by atoms with Gasteiger partial charge in [0.2, 0.25) is 17.7 Å². The van der Waals surface area contributed by atoms with Crippen LogP contribution < -0.4 is 0 Å². The van der Waals surface area contributed by atoms with Crippen molar-refractivity contribution < 1.29 is 19.5 Å². The zero-order chi connectivity index (χ0) is 29.1. The Balaban J connectivity index is 1.77. The van der Waals surface area contributed by atoms with Gasteiger partial charge in [0.1, 0.15) is 6.04 Å². The van der Waals surface area contributed by atoms with Crippen LogP contribution in [0.5, 0.6) is 0 Å². The van der Waals surface area contributed by atoms with Gasteiger partial charge in [-0.05, 0) is 38.2 Å². The van der Waals surface area contributed by atoms with E-state index in [4.69, 9.17) is 0 Å². The number of unbranched alkanes of at least 4 members (excludes halogenated alkanes) is 1. The van der Waals surface area contributed by atoms with Gasteiger partial charge in [-0.25, -0.2) is 0 Å². The molecular formula is C32H45N3O4S. The smallest absolute Gasteiger partial charge is 0.247 e. The molecule has 3 heterocycles. The van der Waals surface area contributed by atoms with Crippen molar-refractivity contribution in [2.24, 2.45) is 11.8 Å². The topological polar surface area (TPSA) is 81.2 Å². The van der Waals surface area contributed by atoms with Crippen molar-refractivity contribution in [1.82, 2.24) is 14.7 Å². The molecule has 3 fully saturated rings. The maximum absolute atomic E-state index is 14.5. The number of nitrogens with zero attached hydrogens (tertiary/aromatic N) is 3. The van der Waals surface area contributed by atoms with Crippen LogP contribution in [-0.4, -0.2) is 85.3 Å². The lowest BCUT2D eigenvalue weighted by atomic mass is 9.66. The summed E-state index contributed by atoms with van der Waals surface area (Å²) in [6.07, 6.45) is 7.25. The van der Waals surface area contributed by atoms with Crippen molar-refractivity contribution in [3.05, 3.63) is 61.2 Å². The summed E-state index contributed by atoms with van der Waals surface area (Å²) in [4.78, 5) is 48.6. The minimum Gasteiger partial charge on any atom is -0.394 e. The average molecular weight is 568 g/mol. The predicted octanol–water partition coefficient (Wildman–Crippen LogP) is 4.27. The molecule has 1 aromatic carbocycles. The van der Waals surface area contributed by atoms with E-state index in [0.29, 0.717) is 39.0 Å². The van der Waals surface area contributed by atoms with Gasteiger partial charge in [-0.15, -0.1) is 24.9 Å². The summed E-state index contributed by atoms with van der Waals surface area (Å²) in [6.45, 7) is 15.5. The number of aliphatic hydroxyl groups excluding tert-OH is 1. The van der Waals surface area contributed by atoms with Gasteiger partial charge in [-0.1, -0.05) is 62.8 Å². The minimum absolute atomic E-state index is 0.0577. The third-order valence-electron chi connectivity index (χ3n) is 9.11. The highest BCUT2D eigenvalue weighted by Crippen LogP contribution is 2.72. The summed E-state index contributed by atoms with van der Waals surface area (Å²) >= 11 is 1.68. The Bertz CT molecular complexity index is 1110. The SMILES string of the molecule is C=CCN(CCCC)C(=O)C1N([C@@H](CC)CO)C(=O)[C@@H]2[C@@H](C(=O)N(CC=C)Cc3ccccc3)[C@@]3(C)CCC12S3. The lowest BCUT2D eigenvalue weighted by molar-refractivity contribution is -0.148. The quantitative estimate of drug-likeness (QED) is 0.340. The summed E-state index contributed by atoms with van der Waals surface area (Å²) in [7, 11) is 0. The number of hydrogen-bond donors (Lipinski definition) is 1. The van der Waals surface area contributed by atoms with E-state index in [1.807, 2.05) is 42.2 Å². The molecule has 0 aromatic heterocycles. The first kappa shape index (κ1) is 30.4. The molecule has 1 spiro atoms. The van der Waals surface area contributed by atoms with Crippen LogP contribution in [0.2, 0.25) is 0 Å². The van der Waals surface area contributed by atoms with Gasteiger partial charge in [-0.2, -0.15) is 0 Å².